The molecule has 2 heteroatoms. The Bertz CT molecular complexity index is 408. The molecule has 0 spiro atoms. The molecule has 118 valence electrons. The van der Waals surface area contributed by atoms with Gasteiger partial charge in [0.2, 0.25) is 5.91 Å². The van der Waals surface area contributed by atoms with E-state index in [-0.39, 0.29) is 0 Å². The lowest BCUT2D eigenvalue weighted by molar-refractivity contribution is -0.133. The predicted octanol–water partition coefficient (Wildman–Crippen LogP) is 4.41. The normalized spacial score (nSPS) is 31.6. The Balaban J connectivity index is 1.48. The predicted molar refractivity (Wildman–Crippen MR) is 86.9 cm³/mol. The summed E-state index contributed by atoms with van der Waals surface area (Å²) in [6, 6.07) is 0. The Morgan fingerprint density at radius 2 is 2.00 bits per heavy atom. The zero-order valence-electron chi connectivity index (χ0n) is 13.8. The van der Waals surface area contributed by atoms with E-state index in [1.54, 1.807) is 0 Å². The fraction of sp³-hybridized carbons (Fsp3) is 0.842. The van der Waals surface area contributed by atoms with Crippen LogP contribution in [-0.4, -0.2) is 23.9 Å². The molecule has 3 aliphatic carbocycles. The number of amides is 1. The van der Waals surface area contributed by atoms with Gasteiger partial charge in [0.1, 0.15) is 0 Å². The van der Waals surface area contributed by atoms with Crippen molar-refractivity contribution in [3.8, 4) is 0 Å². The highest BCUT2D eigenvalue weighted by atomic mass is 16.2. The van der Waals surface area contributed by atoms with E-state index in [0.717, 1.165) is 44.2 Å². The summed E-state index contributed by atoms with van der Waals surface area (Å²) in [4.78, 5) is 14.7. The van der Waals surface area contributed by atoms with Crippen LogP contribution in [0.5, 0.6) is 0 Å². The minimum atomic E-state index is 0.386. The van der Waals surface area contributed by atoms with Crippen molar-refractivity contribution in [3.05, 3.63) is 12.2 Å². The minimum Gasteiger partial charge on any atom is -0.342 e. The molecule has 3 fully saturated rings. The maximum atomic E-state index is 12.5. The molecule has 1 amide bonds. The Hall–Kier alpha value is -0.790. The molecule has 0 heterocycles. The molecular weight excluding hydrogens is 258 g/mol. The third kappa shape index (κ3) is 4.11. The van der Waals surface area contributed by atoms with Gasteiger partial charge in [-0.15, -0.1) is 0 Å². The van der Waals surface area contributed by atoms with Gasteiger partial charge < -0.3 is 4.90 Å². The maximum absolute atomic E-state index is 12.5. The van der Waals surface area contributed by atoms with Crippen molar-refractivity contribution >= 4 is 5.91 Å². The van der Waals surface area contributed by atoms with Crippen LogP contribution < -0.4 is 0 Å². The Morgan fingerprint density at radius 3 is 2.62 bits per heavy atom. The third-order valence-electron chi connectivity index (χ3n) is 5.59. The molecule has 0 saturated heterocycles. The third-order valence-corrected chi connectivity index (χ3v) is 5.59. The van der Waals surface area contributed by atoms with Crippen LogP contribution in [0.1, 0.15) is 65.2 Å². The van der Waals surface area contributed by atoms with E-state index in [0.29, 0.717) is 17.2 Å². The molecule has 0 aromatic carbocycles. The lowest BCUT2D eigenvalue weighted by Gasteiger charge is -2.27. The average molecular weight is 289 g/mol. The van der Waals surface area contributed by atoms with E-state index in [2.05, 4.69) is 30.9 Å². The van der Waals surface area contributed by atoms with Crippen LogP contribution >= 0.6 is 0 Å². The summed E-state index contributed by atoms with van der Waals surface area (Å²) >= 11 is 0. The molecule has 0 N–H and O–H groups in total. The molecular formula is C19H31NO. The number of allylic oxidation sites excluding steroid dienone is 2. The molecule has 21 heavy (non-hydrogen) atoms. The maximum Gasteiger partial charge on any atom is 0.225 e. The number of rotatable bonds is 9. The molecule has 3 aliphatic rings. The monoisotopic (exact) mass is 289 g/mol. The van der Waals surface area contributed by atoms with Gasteiger partial charge in [0.25, 0.3) is 0 Å². The molecule has 0 radical (unpaired) electrons. The Labute approximate surface area is 130 Å². The quantitative estimate of drug-likeness (QED) is 0.576. The Morgan fingerprint density at radius 1 is 1.24 bits per heavy atom. The van der Waals surface area contributed by atoms with E-state index in [4.69, 9.17) is 0 Å². The standard InChI is InChI=1S/C19H31NO/c1-3-4-5-6-7-17-12-19(17,2)14-20(13-15-8-9-15)18(21)16-10-11-16/h4-5,15-17H,3,6-14H2,1-2H3. The molecule has 0 aromatic rings. The fourth-order valence-electron chi connectivity index (χ4n) is 3.60. The highest BCUT2D eigenvalue weighted by molar-refractivity contribution is 5.81. The number of hydrogen-bond acceptors (Lipinski definition) is 1. The summed E-state index contributed by atoms with van der Waals surface area (Å²) in [7, 11) is 0. The van der Waals surface area contributed by atoms with Gasteiger partial charge in [0.15, 0.2) is 0 Å². The van der Waals surface area contributed by atoms with Gasteiger partial charge >= 0.3 is 0 Å². The van der Waals surface area contributed by atoms with E-state index < -0.39 is 0 Å². The SMILES string of the molecule is CCC=CCCC1CC1(C)CN(CC1CC1)C(=O)C1CC1. The molecule has 0 bridgehead atoms. The first-order valence-electron chi connectivity index (χ1n) is 9.06. The van der Waals surface area contributed by atoms with Crippen LogP contribution in [0.15, 0.2) is 12.2 Å². The van der Waals surface area contributed by atoms with Crippen molar-refractivity contribution < 1.29 is 4.79 Å². The van der Waals surface area contributed by atoms with E-state index >= 15 is 0 Å². The van der Waals surface area contributed by atoms with Crippen LogP contribution in [0, 0.1) is 23.2 Å². The summed E-state index contributed by atoms with van der Waals surface area (Å²) in [5.41, 5.74) is 0.416. The summed E-state index contributed by atoms with van der Waals surface area (Å²) < 4.78 is 0. The minimum absolute atomic E-state index is 0.386. The lowest BCUT2D eigenvalue weighted by atomic mass is 10.0. The number of carbonyl (C=O) groups is 1. The smallest absolute Gasteiger partial charge is 0.225 e. The van der Waals surface area contributed by atoms with Crippen LogP contribution in [0.3, 0.4) is 0 Å². The van der Waals surface area contributed by atoms with Crippen LogP contribution in [0.2, 0.25) is 0 Å². The molecule has 3 rings (SSSR count). The molecule has 2 nitrogen and oxygen atoms in total. The molecule has 2 unspecified atom stereocenters. The van der Waals surface area contributed by atoms with Crippen molar-refractivity contribution in [1.82, 2.24) is 4.90 Å². The zero-order chi connectivity index (χ0) is 14.9. The second-order valence-corrected chi connectivity index (χ2v) is 7.95. The van der Waals surface area contributed by atoms with Crippen molar-refractivity contribution in [2.45, 2.75) is 65.2 Å². The second-order valence-electron chi connectivity index (χ2n) is 7.95. The first-order valence-corrected chi connectivity index (χ1v) is 9.06. The summed E-state index contributed by atoms with van der Waals surface area (Å²) in [6.45, 7) is 6.67. The molecule has 3 saturated carbocycles. The summed E-state index contributed by atoms with van der Waals surface area (Å²) in [5.74, 6) is 2.52. The van der Waals surface area contributed by atoms with Crippen molar-refractivity contribution in [2.24, 2.45) is 23.2 Å². The van der Waals surface area contributed by atoms with Gasteiger partial charge in [-0.3, -0.25) is 4.79 Å². The van der Waals surface area contributed by atoms with Crippen molar-refractivity contribution in [1.29, 1.82) is 0 Å². The summed E-state index contributed by atoms with van der Waals surface area (Å²) in [6.07, 6.45) is 14.6. The number of nitrogens with zero attached hydrogens (tertiary/aromatic N) is 1. The molecule has 0 aromatic heterocycles. The van der Waals surface area contributed by atoms with E-state index in [1.807, 2.05) is 0 Å². The number of hydrogen-bond donors (Lipinski definition) is 0. The molecule has 2 atom stereocenters. The van der Waals surface area contributed by atoms with Crippen molar-refractivity contribution in [2.75, 3.05) is 13.1 Å². The summed E-state index contributed by atoms with van der Waals surface area (Å²) in [5, 5.41) is 0. The molecule has 0 aliphatic heterocycles. The topological polar surface area (TPSA) is 20.3 Å². The highest BCUT2D eigenvalue weighted by Crippen LogP contribution is 2.55. The first-order chi connectivity index (χ1) is 10.1. The van der Waals surface area contributed by atoms with Crippen LogP contribution in [0.4, 0.5) is 0 Å². The van der Waals surface area contributed by atoms with E-state index in [9.17, 15) is 4.79 Å². The van der Waals surface area contributed by atoms with Gasteiger partial charge in [0, 0.05) is 19.0 Å². The average Bonchev–Trinajstić information content (AvgIpc) is 3.31. The lowest BCUT2D eigenvalue weighted by Crippen LogP contribution is -2.38. The fourth-order valence-corrected chi connectivity index (χ4v) is 3.60. The van der Waals surface area contributed by atoms with Gasteiger partial charge in [-0.1, -0.05) is 26.0 Å². The van der Waals surface area contributed by atoms with E-state index in [1.165, 1.54) is 32.1 Å². The zero-order valence-corrected chi connectivity index (χ0v) is 13.8. The van der Waals surface area contributed by atoms with Crippen molar-refractivity contribution in [3.63, 3.8) is 0 Å². The van der Waals surface area contributed by atoms with Gasteiger partial charge in [0.05, 0.1) is 0 Å². The highest BCUT2D eigenvalue weighted by Gasteiger charge is 2.51. The van der Waals surface area contributed by atoms with Gasteiger partial charge in [-0.05, 0) is 68.6 Å². The van der Waals surface area contributed by atoms with Gasteiger partial charge in [-0.2, -0.15) is 0 Å². The van der Waals surface area contributed by atoms with Crippen LogP contribution in [-0.2, 0) is 4.79 Å². The first kappa shape index (κ1) is 15.1. The van der Waals surface area contributed by atoms with Gasteiger partial charge in [-0.25, -0.2) is 0 Å². The second kappa shape index (κ2) is 6.14. The largest absolute Gasteiger partial charge is 0.342 e. The Kier molecular flexibility index (Phi) is 4.42. The van der Waals surface area contributed by atoms with Crippen LogP contribution in [0.25, 0.3) is 0 Å². The number of carbonyl (C=O) groups excluding carboxylic acids is 1.